The van der Waals surface area contributed by atoms with E-state index < -0.39 is 0 Å². The van der Waals surface area contributed by atoms with Crippen LogP contribution < -0.4 is 9.80 Å². The average molecular weight is 429 g/mol. The summed E-state index contributed by atoms with van der Waals surface area (Å²) < 4.78 is 2.00. The van der Waals surface area contributed by atoms with Crippen molar-refractivity contribution in [2.75, 3.05) is 23.9 Å². The lowest BCUT2D eigenvalue weighted by atomic mass is 10.0. The highest BCUT2D eigenvalue weighted by Crippen LogP contribution is 2.33. The molecular formula is C26H32N6. The Morgan fingerprint density at radius 3 is 2.34 bits per heavy atom. The Kier molecular flexibility index (Phi) is 5.87. The van der Waals surface area contributed by atoms with Crippen LogP contribution in [0.3, 0.4) is 0 Å². The quantitative estimate of drug-likeness (QED) is 0.423. The second kappa shape index (κ2) is 8.61. The lowest BCUT2D eigenvalue weighted by molar-refractivity contribution is 0.656. The molecule has 3 aromatic heterocycles. The lowest BCUT2D eigenvalue weighted by Crippen LogP contribution is -2.32. The number of aryl methyl sites for hydroxylation is 3. The Morgan fingerprint density at radius 1 is 1.00 bits per heavy atom. The van der Waals surface area contributed by atoms with Crippen molar-refractivity contribution in [3.8, 4) is 11.1 Å². The molecule has 4 rings (SSSR count). The van der Waals surface area contributed by atoms with Crippen molar-refractivity contribution in [1.29, 1.82) is 0 Å². The highest BCUT2D eigenvalue weighted by molar-refractivity contribution is 5.83. The Labute approximate surface area is 190 Å². The van der Waals surface area contributed by atoms with Crippen LogP contribution in [0.2, 0.25) is 0 Å². The van der Waals surface area contributed by atoms with E-state index in [2.05, 4.69) is 87.0 Å². The standard InChI is InChI=1S/C26H32N6/c1-17(2)31(16-21-11-9-8-10-12-21)24-14-19(4)28-26-25(20(5)29-32(24)26)22-15-27-23(30(6)7)13-18(22)3/h8-15,17H,16H2,1-7H3. The molecular weight excluding hydrogens is 396 g/mol. The van der Waals surface area contributed by atoms with Gasteiger partial charge in [0.1, 0.15) is 11.6 Å². The van der Waals surface area contributed by atoms with E-state index in [0.717, 1.165) is 51.9 Å². The Hall–Kier alpha value is -3.41. The van der Waals surface area contributed by atoms with E-state index in [1.165, 1.54) is 5.56 Å². The molecule has 0 atom stereocenters. The monoisotopic (exact) mass is 428 g/mol. The molecule has 0 saturated heterocycles. The number of benzene rings is 1. The zero-order valence-electron chi connectivity index (χ0n) is 20.1. The number of nitrogens with zero attached hydrogens (tertiary/aromatic N) is 6. The van der Waals surface area contributed by atoms with Crippen molar-refractivity contribution in [3.05, 3.63) is 71.2 Å². The summed E-state index contributed by atoms with van der Waals surface area (Å²) in [5, 5.41) is 4.95. The molecule has 1 aromatic carbocycles. The molecule has 0 bridgehead atoms. The van der Waals surface area contributed by atoms with E-state index in [1.54, 1.807) is 0 Å². The van der Waals surface area contributed by atoms with E-state index in [0.29, 0.717) is 6.04 Å². The van der Waals surface area contributed by atoms with Gasteiger partial charge in [0.25, 0.3) is 0 Å². The molecule has 0 radical (unpaired) electrons. The second-order valence-electron chi connectivity index (χ2n) is 8.91. The third-order valence-corrected chi connectivity index (χ3v) is 5.81. The predicted molar refractivity (Wildman–Crippen MR) is 133 cm³/mol. The molecule has 166 valence electrons. The maximum Gasteiger partial charge on any atom is 0.165 e. The third kappa shape index (κ3) is 4.05. The van der Waals surface area contributed by atoms with Gasteiger partial charge >= 0.3 is 0 Å². The van der Waals surface area contributed by atoms with Crippen LogP contribution in [0.4, 0.5) is 11.6 Å². The van der Waals surface area contributed by atoms with Gasteiger partial charge in [-0.15, -0.1) is 0 Å². The van der Waals surface area contributed by atoms with Crippen molar-refractivity contribution in [1.82, 2.24) is 19.6 Å². The van der Waals surface area contributed by atoms with Gasteiger partial charge < -0.3 is 9.80 Å². The number of aromatic nitrogens is 4. The van der Waals surface area contributed by atoms with Crippen LogP contribution in [0.5, 0.6) is 0 Å². The van der Waals surface area contributed by atoms with Gasteiger partial charge in [-0.05, 0) is 51.8 Å². The van der Waals surface area contributed by atoms with Crippen LogP contribution >= 0.6 is 0 Å². The molecule has 0 N–H and O–H groups in total. The molecule has 3 heterocycles. The highest BCUT2D eigenvalue weighted by atomic mass is 15.4. The molecule has 6 heteroatoms. The largest absolute Gasteiger partial charge is 0.363 e. The molecule has 0 saturated carbocycles. The summed E-state index contributed by atoms with van der Waals surface area (Å²) in [6.07, 6.45) is 1.95. The Morgan fingerprint density at radius 2 is 1.72 bits per heavy atom. The summed E-state index contributed by atoms with van der Waals surface area (Å²) in [5.74, 6) is 2.00. The SMILES string of the molecule is Cc1cc(N(Cc2ccccc2)C(C)C)n2nc(C)c(-c3cnc(N(C)C)cc3C)c2n1. The minimum absolute atomic E-state index is 0.302. The van der Waals surface area contributed by atoms with Crippen molar-refractivity contribution >= 4 is 17.3 Å². The molecule has 32 heavy (non-hydrogen) atoms. The van der Waals surface area contributed by atoms with Crippen molar-refractivity contribution in [2.24, 2.45) is 0 Å². The lowest BCUT2D eigenvalue weighted by Gasteiger charge is -2.29. The summed E-state index contributed by atoms with van der Waals surface area (Å²) in [6, 6.07) is 15.1. The molecule has 0 aliphatic rings. The van der Waals surface area contributed by atoms with E-state index in [-0.39, 0.29) is 0 Å². The fourth-order valence-corrected chi connectivity index (χ4v) is 4.10. The van der Waals surface area contributed by atoms with Gasteiger partial charge in [-0.2, -0.15) is 9.61 Å². The van der Waals surface area contributed by atoms with Crippen LogP contribution in [0.15, 0.2) is 48.7 Å². The van der Waals surface area contributed by atoms with Gasteiger partial charge in [0.15, 0.2) is 5.65 Å². The van der Waals surface area contributed by atoms with Crippen LogP contribution in [0.1, 0.15) is 36.4 Å². The molecule has 0 fully saturated rings. The van der Waals surface area contributed by atoms with Gasteiger partial charge in [-0.3, -0.25) is 0 Å². The van der Waals surface area contributed by atoms with Crippen LogP contribution in [-0.4, -0.2) is 39.7 Å². The molecule has 4 aromatic rings. The summed E-state index contributed by atoms with van der Waals surface area (Å²) in [5.41, 5.74) is 7.36. The maximum absolute atomic E-state index is 4.95. The van der Waals surface area contributed by atoms with Crippen LogP contribution in [-0.2, 0) is 6.54 Å². The molecule has 0 amide bonds. The number of rotatable bonds is 6. The maximum atomic E-state index is 4.95. The molecule has 0 unspecified atom stereocenters. The van der Waals surface area contributed by atoms with Crippen LogP contribution in [0.25, 0.3) is 16.8 Å². The third-order valence-electron chi connectivity index (χ3n) is 5.81. The highest BCUT2D eigenvalue weighted by Gasteiger charge is 2.22. The number of hydrogen-bond acceptors (Lipinski definition) is 5. The zero-order chi connectivity index (χ0) is 23.0. The summed E-state index contributed by atoms with van der Waals surface area (Å²) in [6.45, 7) is 11.5. The first-order valence-corrected chi connectivity index (χ1v) is 11.1. The van der Waals surface area contributed by atoms with Crippen LogP contribution in [0, 0.1) is 20.8 Å². The Balaban J connectivity index is 1.88. The summed E-state index contributed by atoms with van der Waals surface area (Å²) in [7, 11) is 4.01. The number of hydrogen-bond donors (Lipinski definition) is 0. The smallest absolute Gasteiger partial charge is 0.165 e. The molecule has 0 aliphatic heterocycles. The van der Waals surface area contributed by atoms with Gasteiger partial charge in [-0.1, -0.05) is 30.3 Å². The number of pyridine rings is 1. The normalized spacial score (nSPS) is 11.4. The van der Waals surface area contributed by atoms with E-state index in [4.69, 9.17) is 10.1 Å². The van der Waals surface area contributed by atoms with Gasteiger partial charge in [-0.25, -0.2) is 9.97 Å². The fraction of sp³-hybridized carbons (Fsp3) is 0.346. The van der Waals surface area contributed by atoms with Crippen molar-refractivity contribution in [3.63, 3.8) is 0 Å². The van der Waals surface area contributed by atoms with E-state index >= 15 is 0 Å². The zero-order valence-corrected chi connectivity index (χ0v) is 20.1. The van der Waals surface area contributed by atoms with Gasteiger partial charge in [0.05, 0.1) is 11.3 Å². The summed E-state index contributed by atoms with van der Waals surface area (Å²) >= 11 is 0. The average Bonchev–Trinajstić information content (AvgIpc) is 3.07. The number of fused-ring (bicyclic) bond motifs is 1. The van der Waals surface area contributed by atoms with Crippen molar-refractivity contribution < 1.29 is 0 Å². The predicted octanol–water partition coefficient (Wildman–Crippen LogP) is 5.20. The summed E-state index contributed by atoms with van der Waals surface area (Å²) in [4.78, 5) is 14.0. The first kappa shape index (κ1) is 21.8. The second-order valence-corrected chi connectivity index (χ2v) is 8.91. The first-order chi connectivity index (χ1) is 15.3. The topological polar surface area (TPSA) is 49.6 Å². The molecule has 0 spiro atoms. The van der Waals surface area contributed by atoms with E-state index in [9.17, 15) is 0 Å². The Bertz CT molecular complexity index is 1240. The van der Waals surface area contributed by atoms with Gasteiger partial charge in [0, 0.05) is 50.2 Å². The number of anilines is 2. The molecule has 0 aliphatic carbocycles. The molecule has 6 nitrogen and oxygen atoms in total. The van der Waals surface area contributed by atoms with Crippen molar-refractivity contribution in [2.45, 2.75) is 47.2 Å². The van der Waals surface area contributed by atoms with Gasteiger partial charge in [0.2, 0.25) is 0 Å². The minimum atomic E-state index is 0.302. The first-order valence-electron chi connectivity index (χ1n) is 11.1. The fourth-order valence-electron chi connectivity index (χ4n) is 4.10. The van der Waals surface area contributed by atoms with E-state index in [1.807, 2.05) is 29.7 Å². The minimum Gasteiger partial charge on any atom is -0.363 e.